The fourth-order valence-corrected chi connectivity index (χ4v) is 3.70. The molecule has 0 saturated carbocycles. The van der Waals surface area contributed by atoms with Gasteiger partial charge in [0, 0.05) is 17.5 Å². The predicted octanol–water partition coefficient (Wildman–Crippen LogP) is 3.62. The molecule has 0 aliphatic carbocycles. The van der Waals surface area contributed by atoms with Gasteiger partial charge in [-0.15, -0.1) is 11.3 Å². The molecule has 0 atom stereocenters. The number of thiazole rings is 1. The summed E-state index contributed by atoms with van der Waals surface area (Å²) in [5.41, 5.74) is 5.22. The molecule has 2 heterocycles. The topological polar surface area (TPSA) is 72.7 Å². The van der Waals surface area contributed by atoms with Gasteiger partial charge < -0.3 is 5.32 Å². The highest BCUT2D eigenvalue weighted by Gasteiger charge is 2.06. The zero-order valence-corrected chi connectivity index (χ0v) is 16.9. The Morgan fingerprint density at radius 2 is 1.93 bits per heavy atom. The number of rotatable bonds is 7. The summed E-state index contributed by atoms with van der Waals surface area (Å²) in [6, 6.07) is 16.1. The summed E-state index contributed by atoms with van der Waals surface area (Å²) in [6.45, 7) is 3.16. The standard InChI is InChI=1S/C22H21N5OS/c1-16-26-21(13-29-16)20-7-5-17(6-8-20)10-22(28)24-11-18-3-2-4-19(9-18)12-27-15-23-14-25-27/h2-9,13-15H,10-12H2,1H3,(H,24,28). The third-order valence-corrected chi connectivity index (χ3v) is 5.30. The van der Waals surface area contributed by atoms with Gasteiger partial charge in [0.15, 0.2) is 0 Å². The van der Waals surface area contributed by atoms with Crippen molar-refractivity contribution in [1.82, 2.24) is 25.1 Å². The highest BCUT2D eigenvalue weighted by molar-refractivity contribution is 7.09. The smallest absolute Gasteiger partial charge is 0.224 e. The Labute approximate surface area is 173 Å². The summed E-state index contributed by atoms with van der Waals surface area (Å²) in [4.78, 5) is 20.8. The Morgan fingerprint density at radius 3 is 2.66 bits per heavy atom. The molecule has 2 aromatic carbocycles. The van der Waals surface area contributed by atoms with Crippen molar-refractivity contribution in [3.63, 3.8) is 0 Å². The minimum Gasteiger partial charge on any atom is -0.352 e. The molecule has 0 aliphatic heterocycles. The first-order chi connectivity index (χ1) is 14.2. The van der Waals surface area contributed by atoms with Gasteiger partial charge in [0.25, 0.3) is 0 Å². The van der Waals surface area contributed by atoms with Crippen LogP contribution in [0.25, 0.3) is 11.3 Å². The zero-order chi connectivity index (χ0) is 20.1. The van der Waals surface area contributed by atoms with Gasteiger partial charge >= 0.3 is 0 Å². The van der Waals surface area contributed by atoms with Gasteiger partial charge in [-0.1, -0.05) is 48.5 Å². The van der Waals surface area contributed by atoms with Crippen LogP contribution in [0.5, 0.6) is 0 Å². The van der Waals surface area contributed by atoms with E-state index in [0.29, 0.717) is 19.5 Å². The van der Waals surface area contributed by atoms with Crippen LogP contribution in [-0.2, 0) is 24.3 Å². The van der Waals surface area contributed by atoms with Crippen LogP contribution < -0.4 is 5.32 Å². The Balaban J connectivity index is 1.31. The summed E-state index contributed by atoms with van der Waals surface area (Å²) in [5.74, 6) is 0.00364. The lowest BCUT2D eigenvalue weighted by Crippen LogP contribution is -2.24. The molecule has 1 amide bonds. The number of carbonyl (C=O) groups excluding carboxylic acids is 1. The molecule has 0 fully saturated rings. The molecular weight excluding hydrogens is 382 g/mol. The number of nitrogens with one attached hydrogen (secondary N) is 1. The van der Waals surface area contributed by atoms with Crippen LogP contribution in [0.4, 0.5) is 0 Å². The number of nitrogens with zero attached hydrogens (tertiary/aromatic N) is 4. The highest BCUT2D eigenvalue weighted by atomic mass is 32.1. The minimum atomic E-state index is 0.00364. The highest BCUT2D eigenvalue weighted by Crippen LogP contribution is 2.21. The van der Waals surface area contributed by atoms with Crippen molar-refractivity contribution in [2.45, 2.75) is 26.4 Å². The van der Waals surface area contributed by atoms with Crippen molar-refractivity contribution in [3.05, 3.63) is 88.3 Å². The molecule has 0 spiro atoms. The van der Waals surface area contributed by atoms with Crippen LogP contribution in [0.2, 0.25) is 0 Å². The van der Waals surface area contributed by atoms with Crippen LogP contribution in [0.3, 0.4) is 0 Å². The van der Waals surface area contributed by atoms with Crippen molar-refractivity contribution in [1.29, 1.82) is 0 Å². The largest absolute Gasteiger partial charge is 0.352 e. The third kappa shape index (κ3) is 5.14. The van der Waals surface area contributed by atoms with Crippen LogP contribution >= 0.6 is 11.3 Å². The number of hydrogen-bond donors (Lipinski definition) is 1. The fourth-order valence-electron chi connectivity index (χ4n) is 3.08. The first-order valence-corrected chi connectivity index (χ1v) is 10.2. The number of benzene rings is 2. The van der Waals surface area contributed by atoms with Crippen molar-refractivity contribution in [3.8, 4) is 11.3 Å². The van der Waals surface area contributed by atoms with Crippen molar-refractivity contribution >= 4 is 17.2 Å². The monoisotopic (exact) mass is 403 g/mol. The van der Waals surface area contributed by atoms with Gasteiger partial charge in [-0.25, -0.2) is 14.6 Å². The van der Waals surface area contributed by atoms with E-state index in [-0.39, 0.29) is 5.91 Å². The summed E-state index contributed by atoms with van der Waals surface area (Å²) in [7, 11) is 0. The Kier molecular flexibility index (Phi) is 5.76. The van der Waals surface area contributed by atoms with Crippen molar-refractivity contribution < 1.29 is 4.79 Å². The molecular formula is C22H21N5OS. The van der Waals surface area contributed by atoms with Gasteiger partial charge in [-0.05, 0) is 23.6 Å². The number of carbonyl (C=O) groups is 1. The van der Waals surface area contributed by atoms with E-state index in [1.54, 1.807) is 22.3 Å². The average molecular weight is 404 g/mol. The van der Waals surface area contributed by atoms with Crippen molar-refractivity contribution in [2.75, 3.05) is 0 Å². The van der Waals surface area contributed by atoms with Crippen LogP contribution in [0.15, 0.2) is 66.6 Å². The molecule has 29 heavy (non-hydrogen) atoms. The van der Waals surface area contributed by atoms with E-state index in [1.165, 1.54) is 6.33 Å². The van der Waals surface area contributed by atoms with E-state index in [9.17, 15) is 4.79 Å². The molecule has 4 rings (SSSR count). The molecule has 146 valence electrons. The maximum atomic E-state index is 12.3. The van der Waals surface area contributed by atoms with E-state index in [1.807, 2.05) is 54.8 Å². The molecule has 1 N–H and O–H groups in total. The normalized spacial score (nSPS) is 10.8. The summed E-state index contributed by atoms with van der Waals surface area (Å²) < 4.78 is 1.77. The first kappa shape index (κ1) is 19.0. The van der Waals surface area contributed by atoms with Gasteiger partial charge in [0.1, 0.15) is 12.7 Å². The molecule has 7 heteroatoms. The number of hydrogen-bond acceptors (Lipinski definition) is 5. The van der Waals surface area contributed by atoms with Gasteiger partial charge in [0.2, 0.25) is 5.91 Å². The second-order valence-corrected chi connectivity index (χ2v) is 7.88. The van der Waals surface area contributed by atoms with Crippen LogP contribution in [0, 0.1) is 6.92 Å². The molecule has 0 unspecified atom stereocenters. The average Bonchev–Trinajstić information content (AvgIpc) is 3.39. The molecule has 0 aliphatic rings. The Hall–Kier alpha value is -3.32. The van der Waals surface area contributed by atoms with Crippen molar-refractivity contribution in [2.24, 2.45) is 0 Å². The summed E-state index contributed by atoms with van der Waals surface area (Å²) in [6.07, 6.45) is 3.57. The zero-order valence-electron chi connectivity index (χ0n) is 16.1. The maximum absolute atomic E-state index is 12.3. The molecule has 0 radical (unpaired) electrons. The van der Waals surface area contributed by atoms with Gasteiger partial charge in [-0.2, -0.15) is 5.10 Å². The van der Waals surface area contributed by atoms with E-state index < -0.39 is 0 Å². The molecule has 2 aromatic heterocycles. The maximum Gasteiger partial charge on any atom is 0.224 e. The van der Waals surface area contributed by atoms with Gasteiger partial charge in [-0.3, -0.25) is 4.79 Å². The molecule has 4 aromatic rings. The van der Waals surface area contributed by atoms with E-state index in [2.05, 4.69) is 26.4 Å². The Morgan fingerprint density at radius 1 is 1.10 bits per heavy atom. The van der Waals surface area contributed by atoms with Gasteiger partial charge in [0.05, 0.1) is 23.7 Å². The lowest BCUT2D eigenvalue weighted by atomic mass is 10.1. The first-order valence-electron chi connectivity index (χ1n) is 9.34. The predicted molar refractivity (Wildman–Crippen MR) is 113 cm³/mol. The third-order valence-electron chi connectivity index (χ3n) is 4.53. The number of aromatic nitrogens is 4. The molecule has 6 nitrogen and oxygen atoms in total. The lowest BCUT2D eigenvalue weighted by molar-refractivity contribution is -0.120. The van der Waals surface area contributed by atoms with E-state index >= 15 is 0 Å². The van der Waals surface area contributed by atoms with E-state index in [4.69, 9.17) is 0 Å². The quantitative estimate of drug-likeness (QED) is 0.512. The Bertz CT molecular complexity index is 1090. The summed E-state index contributed by atoms with van der Waals surface area (Å²) >= 11 is 1.64. The fraction of sp³-hybridized carbons (Fsp3) is 0.182. The van der Waals surface area contributed by atoms with E-state index in [0.717, 1.165) is 33.0 Å². The number of aryl methyl sites for hydroxylation is 1. The van der Waals surface area contributed by atoms with Crippen LogP contribution in [0.1, 0.15) is 21.7 Å². The SMILES string of the molecule is Cc1nc(-c2ccc(CC(=O)NCc3cccc(Cn4cncn4)c3)cc2)cs1. The second kappa shape index (κ2) is 8.79. The number of amides is 1. The molecule has 0 bridgehead atoms. The lowest BCUT2D eigenvalue weighted by Gasteiger charge is -2.08. The minimum absolute atomic E-state index is 0.00364. The summed E-state index contributed by atoms with van der Waals surface area (Å²) in [5, 5.41) is 10.2. The molecule has 0 saturated heterocycles. The second-order valence-electron chi connectivity index (χ2n) is 6.82. The van der Waals surface area contributed by atoms with Crippen LogP contribution in [-0.4, -0.2) is 25.7 Å².